The van der Waals surface area contributed by atoms with Gasteiger partial charge in [0.05, 0.1) is 29.5 Å². The summed E-state index contributed by atoms with van der Waals surface area (Å²) in [6.45, 7) is 3.97. The molecule has 2 aromatic rings. The molecule has 0 aliphatic rings. The SMILES string of the molecule is COc1ccc(C([Si])(c2ccc(OC)c(C)c2C)C(Cl)(Cl)Cl)cc1. The van der Waals surface area contributed by atoms with Crippen LogP contribution in [0, 0.1) is 13.8 Å². The van der Waals surface area contributed by atoms with Gasteiger partial charge in [0.1, 0.15) is 11.5 Å². The van der Waals surface area contributed by atoms with E-state index in [1.807, 2.05) is 50.2 Å². The summed E-state index contributed by atoms with van der Waals surface area (Å²) in [5, 5.41) is -1.02. The number of alkyl halides is 3. The van der Waals surface area contributed by atoms with Crippen molar-refractivity contribution in [3.63, 3.8) is 0 Å². The molecule has 0 amide bonds. The second-order valence-corrected chi connectivity index (χ2v) is 8.57. The Morgan fingerprint density at radius 1 is 0.833 bits per heavy atom. The molecular weight excluding hydrogens is 383 g/mol. The van der Waals surface area contributed by atoms with Crippen LogP contribution in [0.5, 0.6) is 11.5 Å². The van der Waals surface area contributed by atoms with Crippen molar-refractivity contribution in [1.82, 2.24) is 0 Å². The second-order valence-electron chi connectivity index (χ2n) is 5.54. The normalized spacial score (nSPS) is 14.2. The molecule has 3 radical (unpaired) electrons. The van der Waals surface area contributed by atoms with Crippen LogP contribution in [0.3, 0.4) is 0 Å². The lowest BCUT2D eigenvalue weighted by Gasteiger charge is -2.39. The van der Waals surface area contributed by atoms with Crippen LogP contribution in [0.4, 0.5) is 0 Å². The molecule has 0 fully saturated rings. The van der Waals surface area contributed by atoms with Crippen LogP contribution in [0.25, 0.3) is 0 Å². The Morgan fingerprint density at radius 3 is 1.88 bits per heavy atom. The molecule has 0 saturated heterocycles. The Kier molecular flexibility index (Phi) is 5.81. The summed E-state index contributed by atoms with van der Waals surface area (Å²) in [6.07, 6.45) is 0. The van der Waals surface area contributed by atoms with E-state index in [-0.39, 0.29) is 0 Å². The number of halogens is 3. The minimum atomic E-state index is -1.62. The topological polar surface area (TPSA) is 18.5 Å². The van der Waals surface area contributed by atoms with Crippen LogP contribution in [-0.2, 0) is 5.04 Å². The molecule has 0 aliphatic carbocycles. The Morgan fingerprint density at radius 2 is 1.42 bits per heavy atom. The Bertz CT molecular complexity index is 726. The maximum absolute atomic E-state index is 6.40. The molecule has 24 heavy (non-hydrogen) atoms. The van der Waals surface area contributed by atoms with Gasteiger partial charge < -0.3 is 9.47 Å². The van der Waals surface area contributed by atoms with Gasteiger partial charge in [0.25, 0.3) is 0 Å². The van der Waals surface area contributed by atoms with Gasteiger partial charge in [0.15, 0.2) is 0 Å². The standard InChI is InChI=1S/C18H18Cl3O2Si/c1-11-12(2)16(23-4)10-9-15(11)17(24,18(19,20)21)13-5-7-14(22-3)8-6-13/h5-10H,1-4H3. The fourth-order valence-electron chi connectivity index (χ4n) is 2.74. The number of hydrogen-bond donors (Lipinski definition) is 0. The van der Waals surface area contributed by atoms with Gasteiger partial charge in [0.2, 0.25) is 3.79 Å². The van der Waals surface area contributed by atoms with Gasteiger partial charge in [-0.3, -0.25) is 0 Å². The first-order chi connectivity index (χ1) is 11.2. The van der Waals surface area contributed by atoms with Gasteiger partial charge >= 0.3 is 0 Å². The van der Waals surface area contributed by atoms with Crippen molar-refractivity contribution in [3.05, 3.63) is 58.7 Å². The van der Waals surface area contributed by atoms with Gasteiger partial charge in [-0.25, -0.2) is 0 Å². The fraction of sp³-hybridized carbons (Fsp3) is 0.333. The summed E-state index contributed by atoms with van der Waals surface area (Å²) in [5.41, 5.74) is 3.67. The average molecular weight is 401 g/mol. The van der Waals surface area contributed by atoms with Gasteiger partial charge in [-0.1, -0.05) is 53.0 Å². The van der Waals surface area contributed by atoms with Crippen LogP contribution < -0.4 is 9.47 Å². The highest BCUT2D eigenvalue weighted by Gasteiger charge is 2.48. The highest BCUT2D eigenvalue weighted by molar-refractivity contribution is 6.70. The smallest absolute Gasteiger partial charge is 0.200 e. The lowest BCUT2D eigenvalue weighted by molar-refractivity contribution is 0.411. The summed E-state index contributed by atoms with van der Waals surface area (Å²) >= 11 is 19.2. The third-order valence-electron chi connectivity index (χ3n) is 4.31. The maximum Gasteiger partial charge on any atom is 0.200 e. The van der Waals surface area contributed by atoms with Crippen LogP contribution in [-0.4, -0.2) is 28.3 Å². The van der Waals surface area contributed by atoms with Gasteiger partial charge in [-0.05, 0) is 54.3 Å². The quantitative estimate of drug-likeness (QED) is 0.525. The molecule has 0 N–H and O–H groups in total. The second kappa shape index (κ2) is 7.16. The molecule has 2 rings (SSSR count). The first kappa shape index (κ1) is 19.5. The summed E-state index contributed by atoms with van der Waals surface area (Å²) in [4.78, 5) is 0. The van der Waals surface area contributed by atoms with E-state index >= 15 is 0 Å². The zero-order valence-electron chi connectivity index (χ0n) is 13.9. The van der Waals surface area contributed by atoms with Crippen LogP contribution >= 0.6 is 34.8 Å². The minimum Gasteiger partial charge on any atom is -0.497 e. The van der Waals surface area contributed by atoms with Crippen molar-refractivity contribution < 1.29 is 9.47 Å². The Hall–Kier alpha value is -0.873. The number of rotatable bonds is 4. The Balaban J connectivity index is 2.71. The molecule has 0 bridgehead atoms. The molecule has 0 spiro atoms. The van der Waals surface area contributed by atoms with Gasteiger partial charge in [0, 0.05) is 0 Å². The third kappa shape index (κ3) is 3.27. The Labute approximate surface area is 161 Å². The number of ether oxygens (including phenoxy) is 2. The highest BCUT2D eigenvalue weighted by Crippen LogP contribution is 2.50. The van der Waals surface area contributed by atoms with Crippen molar-refractivity contribution in [1.29, 1.82) is 0 Å². The molecule has 2 aromatic carbocycles. The lowest BCUT2D eigenvalue weighted by atomic mass is 9.86. The van der Waals surface area contributed by atoms with E-state index in [4.69, 9.17) is 44.3 Å². The number of methoxy groups -OCH3 is 2. The predicted octanol–water partition coefficient (Wildman–Crippen LogP) is 5.10. The van der Waals surface area contributed by atoms with E-state index in [1.165, 1.54) is 0 Å². The minimum absolute atomic E-state index is 0.736. The molecule has 0 aromatic heterocycles. The molecule has 2 nitrogen and oxygen atoms in total. The molecule has 1 unspecified atom stereocenters. The van der Waals surface area contributed by atoms with Crippen molar-refractivity contribution >= 4 is 45.0 Å². The highest BCUT2D eigenvalue weighted by atomic mass is 35.6. The van der Waals surface area contributed by atoms with Crippen LogP contribution in [0.15, 0.2) is 36.4 Å². The fourth-order valence-corrected chi connectivity index (χ4v) is 3.81. The van der Waals surface area contributed by atoms with Gasteiger partial charge in [-0.2, -0.15) is 0 Å². The van der Waals surface area contributed by atoms with E-state index in [2.05, 4.69) is 10.2 Å². The molecule has 1 atom stereocenters. The molecule has 0 heterocycles. The maximum atomic E-state index is 6.40. The van der Waals surface area contributed by atoms with Crippen molar-refractivity contribution in [2.75, 3.05) is 14.2 Å². The first-order valence-electron chi connectivity index (χ1n) is 7.27. The first-order valence-corrected chi connectivity index (χ1v) is 8.91. The lowest BCUT2D eigenvalue weighted by Crippen LogP contribution is -2.42. The van der Waals surface area contributed by atoms with Crippen molar-refractivity contribution in [2.24, 2.45) is 0 Å². The van der Waals surface area contributed by atoms with Gasteiger partial charge in [-0.15, -0.1) is 0 Å². The summed E-state index contributed by atoms with van der Waals surface area (Å²) in [6, 6.07) is 11.2. The van der Waals surface area contributed by atoms with Crippen molar-refractivity contribution in [2.45, 2.75) is 22.7 Å². The van der Waals surface area contributed by atoms with E-state index in [9.17, 15) is 0 Å². The van der Waals surface area contributed by atoms with Crippen LogP contribution in [0.2, 0.25) is 0 Å². The van der Waals surface area contributed by atoms with Crippen LogP contribution in [0.1, 0.15) is 22.3 Å². The monoisotopic (exact) mass is 399 g/mol. The summed E-state index contributed by atoms with van der Waals surface area (Å²) in [7, 11) is 7.04. The third-order valence-corrected chi connectivity index (χ3v) is 6.57. The molecular formula is C18H18Cl3O2Si. The summed E-state index contributed by atoms with van der Waals surface area (Å²) < 4.78 is 8.98. The predicted molar refractivity (Wildman–Crippen MR) is 102 cm³/mol. The molecule has 127 valence electrons. The molecule has 0 saturated carbocycles. The largest absolute Gasteiger partial charge is 0.497 e. The van der Waals surface area contributed by atoms with E-state index in [0.717, 1.165) is 33.8 Å². The number of benzene rings is 2. The molecule has 0 aliphatic heterocycles. The number of hydrogen-bond acceptors (Lipinski definition) is 2. The van der Waals surface area contributed by atoms with E-state index in [1.54, 1.807) is 14.2 Å². The zero-order chi connectivity index (χ0) is 18.1. The molecule has 6 heteroatoms. The zero-order valence-corrected chi connectivity index (χ0v) is 17.2. The van der Waals surface area contributed by atoms with E-state index in [0.29, 0.717) is 0 Å². The average Bonchev–Trinajstić information content (AvgIpc) is 2.55. The van der Waals surface area contributed by atoms with Crippen molar-refractivity contribution in [3.8, 4) is 11.5 Å². The summed E-state index contributed by atoms with van der Waals surface area (Å²) in [5.74, 6) is 1.53. The van der Waals surface area contributed by atoms with E-state index < -0.39 is 8.83 Å².